The number of rotatable bonds is 8. The quantitative estimate of drug-likeness (QED) is 0.384. The number of alkyl halides is 3. The highest BCUT2D eigenvalue weighted by Crippen LogP contribution is 2.41. The number of halogens is 3. The highest BCUT2D eigenvalue weighted by atomic mass is 19.4. The van der Waals surface area contributed by atoms with Crippen LogP contribution in [-0.2, 0) is 28.5 Å². The Morgan fingerprint density at radius 1 is 1.52 bits per heavy atom. The van der Waals surface area contributed by atoms with E-state index in [2.05, 4.69) is 11.3 Å². The molecule has 3 unspecified atom stereocenters. The van der Waals surface area contributed by atoms with Crippen LogP contribution >= 0.6 is 0 Å². The first-order valence-corrected chi connectivity index (χ1v) is 7.19. The Labute approximate surface area is 132 Å². The average Bonchev–Trinajstić information content (AvgIpc) is 2.49. The molecular weight excluding hydrogens is 321 g/mol. The molecule has 3 atom stereocenters. The second-order valence-corrected chi connectivity index (χ2v) is 4.81. The zero-order valence-electron chi connectivity index (χ0n) is 13.1. The molecule has 0 amide bonds. The Morgan fingerprint density at radius 2 is 2.22 bits per heavy atom. The van der Waals surface area contributed by atoms with E-state index in [4.69, 9.17) is 18.9 Å². The predicted molar refractivity (Wildman–Crippen MR) is 72.2 cm³/mol. The minimum absolute atomic E-state index is 0.256. The van der Waals surface area contributed by atoms with Crippen LogP contribution in [0.2, 0.25) is 0 Å². The Hall–Kier alpha value is -1.16. The van der Waals surface area contributed by atoms with Gasteiger partial charge in [0.15, 0.2) is 12.6 Å². The van der Waals surface area contributed by atoms with Crippen LogP contribution < -0.4 is 0 Å². The first-order valence-electron chi connectivity index (χ1n) is 7.19. The highest BCUT2D eigenvalue weighted by molar-refractivity contribution is 5.81. The summed E-state index contributed by atoms with van der Waals surface area (Å²) in [5.74, 6) is -3.66. The van der Waals surface area contributed by atoms with E-state index in [1.165, 1.54) is 6.92 Å². The first kappa shape index (κ1) is 19.9. The van der Waals surface area contributed by atoms with Crippen molar-refractivity contribution in [2.75, 3.05) is 19.8 Å². The summed E-state index contributed by atoms with van der Waals surface area (Å²) >= 11 is 0. The zero-order valence-corrected chi connectivity index (χ0v) is 13.1. The number of hydrogen-bond donors (Lipinski definition) is 0. The normalized spacial score (nSPS) is 26.6. The van der Waals surface area contributed by atoms with Crippen LogP contribution in [0, 0.1) is 0 Å². The standard InChI is InChI=1S/C14H21F3O6/c1-4-7-19-10(3)22-13(14(15,16)17)6-8-20-12(23-13)9-21-11(18)5-2/h5,10,12H,2,4,6-9H2,1,3H3. The van der Waals surface area contributed by atoms with Gasteiger partial charge in [-0.3, -0.25) is 0 Å². The van der Waals surface area contributed by atoms with E-state index >= 15 is 0 Å². The van der Waals surface area contributed by atoms with E-state index in [1.807, 2.05) is 6.92 Å². The number of carbonyl (C=O) groups is 1. The molecule has 0 N–H and O–H groups in total. The molecule has 0 aromatic rings. The van der Waals surface area contributed by atoms with E-state index in [9.17, 15) is 18.0 Å². The van der Waals surface area contributed by atoms with E-state index < -0.39 is 43.5 Å². The van der Waals surface area contributed by atoms with Crippen molar-refractivity contribution in [3.63, 3.8) is 0 Å². The summed E-state index contributed by atoms with van der Waals surface area (Å²) in [5.41, 5.74) is 0. The van der Waals surface area contributed by atoms with Crippen LogP contribution in [0.3, 0.4) is 0 Å². The lowest BCUT2D eigenvalue weighted by Crippen LogP contribution is -2.58. The summed E-state index contributed by atoms with van der Waals surface area (Å²) in [6, 6.07) is 0. The van der Waals surface area contributed by atoms with E-state index in [1.54, 1.807) is 0 Å². The molecule has 9 heteroatoms. The molecule has 1 rings (SSSR count). The van der Waals surface area contributed by atoms with Crippen molar-refractivity contribution in [2.24, 2.45) is 0 Å². The van der Waals surface area contributed by atoms with Crippen molar-refractivity contribution in [2.45, 2.75) is 51.2 Å². The third-order valence-electron chi connectivity index (χ3n) is 2.93. The topological polar surface area (TPSA) is 63.2 Å². The number of ether oxygens (including phenoxy) is 5. The average molecular weight is 342 g/mol. The molecule has 0 aromatic carbocycles. The maximum absolute atomic E-state index is 13.4. The fraction of sp³-hybridized carbons (Fsp3) is 0.786. The molecule has 0 aromatic heterocycles. The largest absolute Gasteiger partial charge is 0.457 e. The summed E-state index contributed by atoms with van der Waals surface area (Å²) < 4.78 is 65.0. The van der Waals surface area contributed by atoms with Gasteiger partial charge in [-0.2, -0.15) is 13.2 Å². The van der Waals surface area contributed by atoms with Gasteiger partial charge in [0.1, 0.15) is 6.61 Å². The molecule has 0 aliphatic carbocycles. The molecule has 0 saturated carbocycles. The summed E-state index contributed by atoms with van der Waals surface area (Å²) in [4.78, 5) is 11.0. The Kier molecular flexibility index (Phi) is 7.46. The van der Waals surface area contributed by atoms with Crippen molar-refractivity contribution in [3.8, 4) is 0 Å². The van der Waals surface area contributed by atoms with Crippen molar-refractivity contribution < 1.29 is 41.7 Å². The fourth-order valence-electron chi connectivity index (χ4n) is 1.87. The monoisotopic (exact) mass is 342 g/mol. The van der Waals surface area contributed by atoms with Crippen LogP contribution in [0.25, 0.3) is 0 Å². The smallest absolute Gasteiger partial charge is 0.443 e. The van der Waals surface area contributed by atoms with E-state index in [0.29, 0.717) is 6.42 Å². The summed E-state index contributed by atoms with van der Waals surface area (Å²) in [6.07, 6.45) is -6.35. The minimum atomic E-state index is -4.80. The maximum atomic E-state index is 13.4. The van der Waals surface area contributed by atoms with E-state index in [-0.39, 0.29) is 13.2 Å². The molecule has 23 heavy (non-hydrogen) atoms. The fourth-order valence-corrected chi connectivity index (χ4v) is 1.87. The van der Waals surface area contributed by atoms with Crippen LogP contribution in [0.4, 0.5) is 13.2 Å². The Balaban J connectivity index is 2.76. The van der Waals surface area contributed by atoms with Crippen molar-refractivity contribution in [3.05, 3.63) is 12.7 Å². The van der Waals surface area contributed by atoms with Crippen molar-refractivity contribution in [1.29, 1.82) is 0 Å². The van der Waals surface area contributed by atoms with Crippen molar-refractivity contribution >= 4 is 5.97 Å². The number of carbonyl (C=O) groups excluding carboxylic acids is 1. The lowest BCUT2D eigenvalue weighted by atomic mass is 10.1. The van der Waals surface area contributed by atoms with Gasteiger partial charge in [-0.1, -0.05) is 13.5 Å². The third-order valence-corrected chi connectivity index (χ3v) is 2.93. The Morgan fingerprint density at radius 3 is 2.78 bits per heavy atom. The van der Waals surface area contributed by atoms with Gasteiger partial charge in [0.05, 0.1) is 6.61 Å². The molecule has 1 heterocycles. The molecule has 0 spiro atoms. The molecule has 6 nitrogen and oxygen atoms in total. The highest BCUT2D eigenvalue weighted by Gasteiger charge is 2.61. The summed E-state index contributed by atoms with van der Waals surface area (Å²) in [6.45, 7) is 5.84. The van der Waals surface area contributed by atoms with Crippen LogP contribution in [0.1, 0.15) is 26.7 Å². The second-order valence-electron chi connectivity index (χ2n) is 4.81. The molecule has 1 aliphatic rings. The van der Waals surface area contributed by atoms with Crippen LogP contribution in [0.5, 0.6) is 0 Å². The Bertz CT molecular complexity index is 400. The minimum Gasteiger partial charge on any atom is -0.457 e. The van der Waals surface area contributed by atoms with Gasteiger partial charge in [0, 0.05) is 19.1 Å². The van der Waals surface area contributed by atoms with Gasteiger partial charge >= 0.3 is 12.1 Å². The number of hydrogen-bond acceptors (Lipinski definition) is 6. The number of esters is 1. The van der Waals surface area contributed by atoms with Gasteiger partial charge in [0.25, 0.3) is 5.79 Å². The molecule has 134 valence electrons. The zero-order chi connectivity index (χ0) is 17.5. The second kappa shape index (κ2) is 8.62. The molecule has 0 radical (unpaired) electrons. The molecule has 0 bridgehead atoms. The molecule has 1 fully saturated rings. The van der Waals surface area contributed by atoms with Crippen molar-refractivity contribution in [1.82, 2.24) is 0 Å². The lowest BCUT2D eigenvalue weighted by molar-refractivity contribution is -0.460. The molecule has 1 saturated heterocycles. The molecule has 1 aliphatic heterocycles. The first-order chi connectivity index (χ1) is 10.7. The van der Waals surface area contributed by atoms with Gasteiger partial charge in [0.2, 0.25) is 0 Å². The summed E-state index contributed by atoms with van der Waals surface area (Å²) in [7, 11) is 0. The van der Waals surface area contributed by atoms with Gasteiger partial charge in [-0.05, 0) is 13.3 Å². The molecular formula is C14H21F3O6. The summed E-state index contributed by atoms with van der Waals surface area (Å²) in [5, 5.41) is 0. The van der Waals surface area contributed by atoms with Crippen LogP contribution in [-0.4, -0.2) is 50.3 Å². The van der Waals surface area contributed by atoms with Crippen LogP contribution in [0.15, 0.2) is 12.7 Å². The van der Waals surface area contributed by atoms with Gasteiger partial charge in [-0.15, -0.1) is 0 Å². The van der Waals surface area contributed by atoms with Gasteiger partial charge < -0.3 is 23.7 Å². The lowest BCUT2D eigenvalue weighted by Gasteiger charge is -2.42. The SMILES string of the molecule is C=CC(=O)OCC1OCCC(OC(C)OCCC)(C(F)(F)F)O1. The van der Waals surface area contributed by atoms with Gasteiger partial charge in [-0.25, -0.2) is 4.79 Å². The maximum Gasteiger partial charge on any atom is 0.443 e. The van der Waals surface area contributed by atoms with E-state index in [0.717, 1.165) is 6.08 Å². The predicted octanol–water partition coefficient (Wildman–Crippen LogP) is 2.53. The third kappa shape index (κ3) is 5.76.